The normalized spacial score (nSPS) is 18.8. The molecule has 0 radical (unpaired) electrons. The SMILES string of the molecule is O=C(c1cccc(S(=O)(=O)NCC2CCCO2)c1)N1CCN(C(=O)c2ccc(F)c(F)c2)CC1. The highest BCUT2D eigenvalue weighted by Gasteiger charge is 2.27. The molecule has 2 aromatic rings. The number of rotatable bonds is 6. The number of hydrogen-bond acceptors (Lipinski definition) is 5. The number of amides is 2. The summed E-state index contributed by atoms with van der Waals surface area (Å²) in [5.74, 6) is -2.93. The fourth-order valence-electron chi connectivity index (χ4n) is 3.99. The van der Waals surface area contributed by atoms with Gasteiger partial charge in [0.2, 0.25) is 10.0 Å². The summed E-state index contributed by atoms with van der Waals surface area (Å²) in [6, 6.07) is 8.78. The minimum Gasteiger partial charge on any atom is -0.377 e. The zero-order valence-electron chi connectivity index (χ0n) is 18.4. The molecule has 8 nitrogen and oxygen atoms in total. The average Bonchev–Trinajstić information content (AvgIpc) is 3.38. The van der Waals surface area contributed by atoms with Gasteiger partial charge >= 0.3 is 0 Å². The zero-order valence-corrected chi connectivity index (χ0v) is 19.2. The Morgan fingerprint density at radius 1 is 0.941 bits per heavy atom. The molecule has 2 saturated heterocycles. The monoisotopic (exact) mass is 493 g/mol. The van der Waals surface area contributed by atoms with E-state index in [1.54, 1.807) is 6.07 Å². The Kier molecular flexibility index (Phi) is 7.24. The summed E-state index contributed by atoms with van der Waals surface area (Å²) in [6.07, 6.45) is 1.55. The first-order chi connectivity index (χ1) is 16.2. The molecule has 2 fully saturated rings. The van der Waals surface area contributed by atoms with Crippen molar-refractivity contribution in [2.45, 2.75) is 23.8 Å². The molecule has 2 aliphatic heterocycles. The molecule has 2 heterocycles. The number of carbonyl (C=O) groups is 2. The van der Waals surface area contributed by atoms with Crippen molar-refractivity contribution in [2.75, 3.05) is 39.3 Å². The lowest BCUT2D eigenvalue weighted by atomic mass is 10.1. The Balaban J connectivity index is 1.37. The predicted octanol–water partition coefficient (Wildman–Crippen LogP) is 2.02. The van der Waals surface area contributed by atoms with Crippen LogP contribution in [0, 0.1) is 11.6 Å². The van der Waals surface area contributed by atoms with Gasteiger partial charge in [0, 0.05) is 50.5 Å². The highest BCUT2D eigenvalue weighted by atomic mass is 32.2. The number of sulfonamides is 1. The highest BCUT2D eigenvalue weighted by Crippen LogP contribution is 2.18. The summed E-state index contributed by atoms with van der Waals surface area (Å²) in [7, 11) is -3.80. The molecule has 1 unspecified atom stereocenters. The van der Waals surface area contributed by atoms with Crippen LogP contribution in [0.5, 0.6) is 0 Å². The van der Waals surface area contributed by atoms with Crippen LogP contribution in [0.15, 0.2) is 47.4 Å². The molecule has 182 valence electrons. The summed E-state index contributed by atoms with van der Waals surface area (Å²) in [5, 5.41) is 0. The van der Waals surface area contributed by atoms with Gasteiger partial charge in [0.05, 0.1) is 11.0 Å². The Bertz CT molecular complexity index is 1180. The fraction of sp³-hybridized carbons (Fsp3) is 0.391. The molecule has 2 amide bonds. The lowest BCUT2D eigenvalue weighted by molar-refractivity contribution is 0.0535. The largest absolute Gasteiger partial charge is 0.377 e. The summed E-state index contributed by atoms with van der Waals surface area (Å²) in [6.45, 7) is 1.67. The molecule has 0 aliphatic carbocycles. The van der Waals surface area contributed by atoms with Gasteiger partial charge in [0.15, 0.2) is 11.6 Å². The highest BCUT2D eigenvalue weighted by molar-refractivity contribution is 7.89. The number of piperazine rings is 1. The third-order valence-electron chi connectivity index (χ3n) is 5.94. The first-order valence-corrected chi connectivity index (χ1v) is 12.5. The quantitative estimate of drug-likeness (QED) is 0.664. The van der Waals surface area contributed by atoms with Crippen molar-refractivity contribution < 1.29 is 31.5 Å². The van der Waals surface area contributed by atoms with E-state index in [-0.39, 0.29) is 60.8 Å². The number of ether oxygens (including phenoxy) is 1. The molecule has 34 heavy (non-hydrogen) atoms. The molecule has 0 aromatic heterocycles. The summed E-state index contributed by atoms with van der Waals surface area (Å²) in [5.41, 5.74) is 0.257. The lowest BCUT2D eigenvalue weighted by Crippen LogP contribution is -2.50. The van der Waals surface area contributed by atoms with E-state index in [1.807, 2.05) is 0 Å². The minimum atomic E-state index is -3.80. The molecule has 4 rings (SSSR count). The van der Waals surface area contributed by atoms with E-state index in [2.05, 4.69) is 4.72 Å². The van der Waals surface area contributed by atoms with Crippen LogP contribution >= 0.6 is 0 Å². The van der Waals surface area contributed by atoms with E-state index in [4.69, 9.17) is 4.74 Å². The van der Waals surface area contributed by atoms with Gasteiger partial charge in [-0.15, -0.1) is 0 Å². The summed E-state index contributed by atoms with van der Waals surface area (Å²) >= 11 is 0. The van der Waals surface area contributed by atoms with E-state index in [1.165, 1.54) is 34.1 Å². The minimum absolute atomic E-state index is 0.0107. The van der Waals surface area contributed by atoms with Gasteiger partial charge in [0.1, 0.15) is 0 Å². The van der Waals surface area contributed by atoms with Crippen LogP contribution in [0.1, 0.15) is 33.6 Å². The van der Waals surface area contributed by atoms with Crippen molar-refractivity contribution >= 4 is 21.8 Å². The van der Waals surface area contributed by atoms with E-state index in [0.717, 1.165) is 25.0 Å². The molecular formula is C23H25F2N3O5S. The lowest BCUT2D eigenvalue weighted by Gasteiger charge is -2.35. The van der Waals surface area contributed by atoms with Gasteiger partial charge in [-0.25, -0.2) is 21.9 Å². The van der Waals surface area contributed by atoms with E-state index < -0.39 is 27.6 Å². The maximum Gasteiger partial charge on any atom is 0.254 e. The van der Waals surface area contributed by atoms with Gasteiger partial charge in [0.25, 0.3) is 11.8 Å². The average molecular weight is 494 g/mol. The van der Waals surface area contributed by atoms with Crippen LogP contribution in [0.2, 0.25) is 0 Å². The standard InChI is InChI=1S/C23H25F2N3O5S/c24-20-7-6-17(14-21(20)25)23(30)28-10-8-27(9-11-28)22(29)16-3-1-5-19(13-16)34(31,32)26-15-18-4-2-12-33-18/h1,3,5-7,13-14,18,26H,2,4,8-12,15H2. The summed E-state index contributed by atoms with van der Waals surface area (Å²) < 4.78 is 59.9. The molecule has 2 aliphatic rings. The van der Waals surface area contributed by atoms with E-state index in [0.29, 0.717) is 6.61 Å². The van der Waals surface area contributed by atoms with Gasteiger partial charge < -0.3 is 14.5 Å². The second-order valence-electron chi connectivity index (χ2n) is 8.23. The zero-order chi connectivity index (χ0) is 24.3. The van der Waals surface area contributed by atoms with Crippen LogP contribution in [0.3, 0.4) is 0 Å². The van der Waals surface area contributed by atoms with Gasteiger partial charge in [-0.1, -0.05) is 6.07 Å². The number of nitrogens with one attached hydrogen (secondary N) is 1. The second kappa shape index (κ2) is 10.2. The number of hydrogen-bond donors (Lipinski definition) is 1. The molecule has 0 saturated carbocycles. The molecule has 1 atom stereocenters. The van der Waals surface area contributed by atoms with Crippen molar-refractivity contribution in [1.29, 1.82) is 0 Å². The molecule has 11 heteroatoms. The Morgan fingerprint density at radius 2 is 1.59 bits per heavy atom. The Labute approximate surface area is 196 Å². The third kappa shape index (κ3) is 5.43. The van der Waals surface area contributed by atoms with Crippen LogP contribution in [-0.4, -0.2) is 75.5 Å². The third-order valence-corrected chi connectivity index (χ3v) is 7.36. The molecule has 2 aromatic carbocycles. The number of halogens is 2. The maximum atomic E-state index is 13.5. The maximum absolute atomic E-state index is 13.5. The molecular weight excluding hydrogens is 468 g/mol. The number of nitrogens with zero attached hydrogens (tertiary/aromatic N) is 2. The van der Waals surface area contributed by atoms with Crippen molar-refractivity contribution in [3.05, 3.63) is 65.2 Å². The van der Waals surface area contributed by atoms with Crippen molar-refractivity contribution in [3.63, 3.8) is 0 Å². The van der Waals surface area contributed by atoms with E-state index in [9.17, 15) is 26.8 Å². The van der Waals surface area contributed by atoms with E-state index >= 15 is 0 Å². The van der Waals surface area contributed by atoms with Gasteiger partial charge in [-0.2, -0.15) is 0 Å². The van der Waals surface area contributed by atoms with Crippen molar-refractivity contribution in [3.8, 4) is 0 Å². The fourth-order valence-corrected chi connectivity index (χ4v) is 5.11. The van der Waals surface area contributed by atoms with Crippen molar-refractivity contribution in [2.24, 2.45) is 0 Å². The van der Waals surface area contributed by atoms with Crippen molar-refractivity contribution in [1.82, 2.24) is 14.5 Å². The first kappa shape index (κ1) is 24.2. The molecule has 0 bridgehead atoms. The van der Waals surface area contributed by atoms with Gasteiger partial charge in [-0.05, 0) is 49.2 Å². The molecule has 0 spiro atoms. The number of benzene rings is 2. The predicted molar refractivity (Wildman–Crippen MR) is 119 cm³/mol. The van der Waals surface area contributed by atoms with Crippen LogP contribution < -0.4 is 4.72 Å². The Hall–Kier alpha value is -2.89. The van der Waals surface area contributed by atoms with Crippen LogP contribution in [0.25, 0.3) is 0 Å². The second-order valence-corrected chi connectivity index (χ2v) is 10.00. The topological polar surface area (TPSA) is 96.0 Å². The summed E-state index contributed by atoms with van der Waals surface area (Å²) in [4.78, 5) is 28.5. The van der Waals surface area contributed by atoms with Crippen LogP contribution in [-0.2, 0) is 14.8 Å². The molecule has 1 N–H and O–H groups in total. The van der Waals surface area contributed by atoms with Crippen LogP contribution in [0.4, 0.5) is 8.78 Å². The first-order valence-electron chi connectivity index (χ1n) is 11.0. The Morgan fingerprint density at radius 3 is 2.18 bits per heavy atom. The smallest absolute Gasteiger partial charge is 0.254 e. The number of carbonyl (C=O) groups excluding carboxylic acids is 2. The van der Waals surface area contributed by atoms with Gasteiger partial charge in [-0.3, -0.25) is 9.59 Å².